The number of carbonyl (C=O) groups is 1. The minimum atomic E-state index is 0.175. The lowest BCUT2D eigenvalue weighted by Crippen LogP contribution is -2.18. The molecule has 0 spiro atoms. The summed E-state index contributed by atoms with van der Waals surface area (Å²) in [6.45, 7) is 4.22. The zero-order valence-electron chi connectivity index (χ0n) is 5.68. The highest BCUT2D eigenvalue weighted by molar-refractivity contribution is 8.01. The SMILES string of the molecule is CC1(C)C=CC(=O)CS1. The van der Waals surface area contributed by atoms with Crippen molar-refractivity contribution in [1.82, 2.24) is 0 Å². The van der Waals surface area contributed by atoms with Crippen LogP contribution in [0.15, 0.2) is 12.2 Å². The molecule has 0 saturated heterocycles. The molecule has 1 aliphatic rings. The van der Waals surface area contributed by atoms with Crippen LogP contribution in [0.25, 0.3) is 0 Å². The molecule has 9 heavy (non-hydrogen) atoms. The van der Waals surface area contributed by atoms with E-state index in [1.165, 1.54) is 0 Å². The highest BCUT2D eigenvalue weighted by Gasteiger charge is 2.19. The molecule has 50 valence electrons. The molecule has 0 bridgehead atoms. The van der Waals surface area contributed by atoms with Crippen LogP contribution in [0, 0.1) is 0 Å². The van der Waals surface area contributed by atoms with E-state index < -0.39 is 0 Å². The first-order chi connectivity index (χ1) is 4.10. The van der Waals surface area contributed by atoms with E-state index in [1.807, 2.05) is 6.08 Å². The summed E-state index contributed by atoms with van der Waals surface area (Å²) in [5, 5.41) is 0. The Hall–Kier alpha value is -0.240. The van der Waals surface area contributed by atoms with Crippen LogP contribution in [0.1, 0.15) is 13.8 Å². The van der Waals surface area contributed by atoms with Gasteiger partial charge < -0.3 is 0 Å². The third-order valence-electron chi connectivity index (χ3n) is 1.26. The average Bonchev–Trinajstić information content (AvgIpc) is 1.78. The number of hydrogen-bond acceptors (Lipinski definition) is 2. The predicted octanol–water partition coefficient (Wildman–Crippen LogP) is 1.64. The highest BCUT2D eigenvalue weighted by Crippen LogP contribution is 2.28. The van der Waals surface area contributed by atoms with Gasteiger partial charge in [-0.3, -0.25) is 4.79 Å². The summed E-state index contributed by atoms with van der Waals surface area (Å²) in [6.07, 6.45) is 3.64. The van der Waals surface area contributed by atoms with Crippen molar-refractivity contribution in [2.75, 3.05) is 5.75 Å². The van der Waals surface area contributed by atoms with E-state index in [-0.39, 0.29) is 10.5 Å². The molecule has 1 aliphatic heterocycles. The van der Waals surface area contributed by atoms with Crippen LogP contribution in [-0.2, 0) is 4.79 Å². The van der Waals surface area contributed by atoms with Crippen molar-refractivity contribution in [3.63, 3.8) is 0 Å². The molecule has 1 heterocycles. The summed E-state index contributed by atoms with van der Waals surface area (Å²) in [5.41, 5.74) is 0. The fourth-order valence-electron chi connectivity index (χ4n) is 0.647. The molecule has 0 fully saturated rings. The summed E-state index contributed by atoms with van der Waals surface area (Å²) in [5.74, 6) is 0.878. The van der Waals surface area contributed by atoms with Gasteiger partial charge in [0.2, 0.25) is 0 Å². The quantitative estimate of drug-likeness (QED) is 0.511. The van der Waals surface area contributed by atoms with Crippen LogP contribution in [-0.4, -0.2) is 16.3 Å². The van der Waals surface area contributed by atoms with E-state index in [0.717, 1.165) is 0 Å². The van der Waals surface area contributed by atoms with Gasteiger partial charge in [-0.05, 0) is 19.9 Å². The number of allylic oxidation sites excluding steroid dienone is 1. The third kappa shape index (κ3) is 1.86. The van der Waals surface area contributed by atoms with Gasteiger partial charge in [0.25, 0.3) is 0 Å². The monoisotopic (exact) mass is 142 g/mol. The second-order valence-corrected chi connectivity index (χ2v) is 4.32. The maximum atomic E-state index is 10.6. The van der Waals surface area contributed by atoms with Gasteiger partial charge >= 0.3 is 0 Å². The van der Waals surface area contributed by atoms with Crippen molar-refractivity contribution >= 4 is 17.5 Å². The van der Waals surface area contributed by atoms with Crippen molar-refractivity contribution in [2.45, 2.75) is 18.6 Å². The highest BCUT2D eigenvalue weighted by atomic mass is 32.2. The average molecular weight is 142 g/mol. The molecular weight excluding hydrogens is 132 g/mol. The second-order valence-electron chi connectivity index (χ2n) is 2.69. The standard InChI is InChI=1S/C7H10OS/c1-7(2)4-3-6(8)5-9-7/h3-4H,5H2,1-2H3. The Morgan fingerprint density at radius 1 is 1.67 bits per heavy atom. The van der Waals surface area contributed by atoms with Crippen LogP contribution in [0.5, 0.6) is 0 Å². The molecular formula is C7H10OS. The molecule has 0 aromatic carbocycles. The Balaban J connectivity index is 2.69. The summed E-state index contributed by atoms with van der Waals surface area (Å²) in [6, 6.07) is 0. The maximum Gasteiger partial charge on any atom is 0.165 e. The summed E-state index contributed by atoms with van der Waals surface area (Å²) in [7, 11) is 0. The van der Waals surface area contributed by atoms with Gasteiger partial charge in [0.05, 0.1) is 5.75 Å². The van der Waals surface area contributed by atoms with Crippen molar-refractivity contribution in [3.8, 4) is 0 Å². The smallest absolute Gasteiger partial charge is 0.165 e. The molecule has 0 atom stereocenters. The van der Waals surface area contributed by atoms with Crippen LogP contribution in [0.4, 0.5) is 0 Å². The van der Waals surface area contributed by atoms with Crippen LogP contribution < -0.4 is 0 Å². The Morgan fingerprint density at radius 2 is 2.33 bits per heavy atom. The van der Waals surface area contributed by atoms with Gasteiger partial charge in [-0.15, -0.1) is 11.8 Å². The van der Waals surface area contributed by atoms with Crippen LogP contribution in [0.2, 0.25) is 0 Å². The van der Waals surface area contributed by atoms with E-state index in [9.17, 15) is 4.79 Å². The van der Waals surface area contributed by atoms with Gasteiger partial charge in [-0.25, -0.2) is 0 Å². The van der Waals surface area contributed by atoms with Gasteiger partial charge in [-0.2, -0.15) is 0 Å². The van der Waals surface area contributed by atoms with E-state index in [0.29, 0.717) is 5.75 Å². The first kappa shape index (κ1) is 6.87. The van der Waals surface area contributed by atoms with Crippen molar-refractivity contribution in [1.29, 1.82) is 0 Å². The molecule has 0 saturated carbocycles. The van der Waals surface area contributed by atoms with Gasteiger partial charge in [0.1, 0.15) is 0 Å². The number of thioether (sulfide) groups is 1. The molecule has 1 nitrogen and oxygen atoms in total. The van der Waals surface area contributed by atoms with E-state index in [1.54, 1.807) is 17.8 Å². The lowest BCUT2D eigenvalue weighted by Gasteiger charge is -2.21. The second kappa shape index (κ2) is 2.18. The van der Waals surface area contributed by atoms with Gasteiger partial charge in [0.15, 0.2) is 5.78 Å². The number of ketones is 1. The Labute approximate surface area is 59.5 Å². The first-order valence-electron chi connectivity index (χ1n) is 2.96. The molecule has 0 amide bonds. The Kier molecular flexibility index (Phi) is 1.66. The molecule has 0 radical (unpaired) electrons. The summed E-state index contributed by atoms with van der Waals surface area (Å²) in [4.78, 5) is 10.6. The van der Waals surface area contributed by atoms with Crippen molar-refractivity contribution in [2.24, 2.45) is 0 Å². The fourth-order valence-corrected chi connectivity index (χ4v) is 1.42. The third-order valence-corrected chi connectivity index (χ3v) is 2.57. The molecule has 0 unspecified atom stereocenters. The molecule has 0 aliphatic carbocycles. The van der Waals surface area contributed by atoms with Gasteiger partial charge in [0, 0.05) is 4.75 Å². The lowest BCUT2D eigenvalue weighted by atomic mass is 10.1. The number of carbonyl (C=O) groups excluding carboxylic acids is 1. The molecule has 0 N–H and O–H groups in total. The first-order valence-corrected chi connectivity index (χ1v) is 3.95. The number of rotatable bonds is 0. The number of hydrogen-bond donors (Lipinski definition) is 0. The summed E-state index contributed by atoms with van der Waals surface area (Å²) < 4.78 is 0.175. The van der Waals surface area contributed by atoms with E-state index in [4.69, 9.17) is 0 Å². The van der Waals surface area contributed by atoms with Crippen molar-refractivity contribution in [3.05, 3.63) is 12.2 Å². The van der Waals surface area contributed by atoms with Gasteiger partial charge in [-0.1, -0.05) is 6.08 Å². The summed E-state index contributed by atoms with van der Waals surface area (Å²) >= 11 is 1.69. The zero-order chi connectivity index (χ0) is 6.91. The molecule has 1 rings (SSSR count). The minimum Gasteiger partial charge on any atom is -0.294 e. The Bertz CT molecular complexity index is 158. The topological polar surface area (TPSA) is 17.1 Å². The normalized spacial score (nSPS) is 24.4. The minimum absolute atomic E-state index is 0.175. The fraction of sp³-hybridized carbons (Fsp3) is 0.571. The lowest BCUT2D eigenvalue weighted by molar-refractivity contribution is -0.112. The van der Waals surface area contributed by atoms with E-state index in [2.05, 4.69) is 13.8 Å². The zero-order valence-corrected chi connectivity index (χ0v) is 6.49. The van der Waals surface area contributed by atoms with Crippen LogP contribution >= 0.6 is 11.8 Å². The largest absolute Gasteiger partial charge is 0.294 e. The van der Waals surface area contributed by atoms with Crippen LogP contribution in [0.3, 0.4) is 0 Å². The van der Waals surface area contributed by atoms with Crippen molar-refractivity contribution < 1.29 is 4.79 Å². The molecule has 2 heteroatoms. The molecule has 0 aromatic rings. The molecule has 0 aromatic heterocycles. The maximum absolute atomic E-state index is 10.6. The van der Waals surface area contributed by atoms with E-state index >= 15 is 0 Å². The Morgan fingerprint density at radius 3 is 2.67 bits per heavy atom. The predicted molar refractivity (Wildman–Crippen MR) is 40.7 cm³/mol.